The van der Waals surface area contributed by atoms with Gasteiger partial charge in [0, 0.05) is 0 Å². The summed E-state index contributed by atoms with van der Waals surface area (Å²) in [7, 11) is 0. The summed E-state index contributed by atoms with van der Waals surface area (Å²) in [5, 5.41) is 0. The zero-order chi connectivity index (χ0) is 14.5. The average molecular weight is 274 g/mol. The predicted octanol–water partition coefficient (Wildman–Crippen LogP) is 5.29. The number of allylic oxidation sites excluding steroid dienone is 1. The Labute approximate surface area is 122 Å². The van der Waals surface area contributed by atoms with Crippen molar-refractivity contribution in [2.24, 2.45) is 0 Å². The molecule has 20 heavy (non-hydrogen) atoms. The second-order valence-corrected chi connectivity index (χ2v) is 5.02. The van der Waals surface area contributed by atoms with Crippen molar-refractivity contribution < 1.29 is 9.53 Å². The topological polar surface area (TPSA) is 26.3 Å². The molecule has 0 amide bonds. The molecule has 0 fully saturated rings. The first kappa shape index (κ1) is 16.5. The van der Waals surface area contributed by atoms with Gasteiger partial charge in [-0.3, -0.25) is 4.79 Å². The monoisotopic (exact) mass is 274 g/mol. The molecule has 0 atom stereocenters. The van der Waals surface area contributed by atoms with Crippen molar-refractivity contribution in [1.29, 1.82) is 0 Å². The van der Waals surface area contributed by atoms with Crippen LogP contribution in [0.4, 0.5) is 0 Å². The Morgan fingerprint density at radius 3 is 2.45 bits per heavy atom. The fraction of sp³-hybridized carbons (Fsp3) is 0.500. The van der Waals surface area contributed by atoms with Gasteiger partial charge in [-0.25, -0.2) is 0 Å². The number of esters is 1. The molecular weight excluding hydrogens is 248 g/mol. The van der Waals surface area contributed by atoms with Crippen LogP contribution in [0.3, 0.4) is 0 Å². The van der Waals surface area contributed by atoms with Crippen LogP contribution in [0.2, 0.25) is 0 Å². The molecule has 0 aromatic heterocycles. The van der Waals surface area contributed by atoms with E-state index in [1.165, 1.54) is 38.5 Å². The number of benzene rings is 1. The molecule has 0 unspecified atom stereocenters. The maximum Gasteiger partial charge on any atom is 0.315 e. The molecule has 0 aliphatic rings. The highest BCUT2D eigenvalue weighted by Crippen LogP contribution is 2.10. The Balaban J connectivity index is 2.02. The van der Waals surface area contributed by atoms with Crippen LogP contribution in [-0.4, -0.2) is 5.97 Å². The van der Waals surface area contributed by atoms with E-state index in [0.717, 1.165) is 6.42 Å². The van der Waals surface area contributed by atoms with Gasteiger partial charge in [0.25, 0.3) is 0 Å². The Morgan fingerprint density at radius 2 is 1.70 bits per heavy atom. The molecule has 0 aliphatic carbocycles. The summed E-state index contributed by atoms with van der Waals surface area (Å²) < 4.78 is 5.20. The van der Waals surface area contributed by atoms with Crippen LogP contribution in [0, 0.1) is 0 Å². The van der Waals surface area contributed by atoms with Crippen molar-refractivity contribution in [2.75, 3.05) is 0 Å². The summed E-state index contributed by atoms with van der Waals surface area (Å²) in [6.07, 6.45) is 13.2. The third-order valence-electron chi connectivity index (χ3n) is 3.15. The second kappa shape index (κ2) is 11.3. The summed E-state index contributed by atoms with van der Waals surface area (Å²) in [5.41, 5.74) is 0. The molecule has 0 saturated carbocycles. The molecule has 0 heterocycles. The van der Waals surface area contributed by atoms with Crippen LogP contribution >= 0.6 is 0 Å². The maximum atomic E-state index is 11.5. The summed E-state index contributed by atoms with van der Waals surface area (Å²) in [6, 6.07) is 9.20. The van der Waals surface area contributed by atoms with Gasteiger partial charge in [0.2, 0.25) is 0 Å². The lowest BCUT2D eigenvalue weighted by molar-refractivity contribution is -0.133. The van der Waals surface area contributed by atoms with E-state index in [2.05, 4.69) is 13.0 Å². The van der Waals surface area contributed by atoms with E-state index in [-0.39, 0.29) is 5.97 Å². The molecule has 0 radical (unpaired) electrons. The lowest BCUT2D eigenvalue weighted by Crippen LogP contribution is -2.05. The van der Waals surface area contributed by atoms with E-state index < -0.39 is 0 Å². The van der Waals surface area contributed by atoms with Crippen LogP contribution in [0.5, 0.6) is 5.75 Å². The van der Waals surface area contributed by atoms with Crippen molar-refractivity contribution >= 4 is 5.97 Å². The number of carbonyl (C=O) groups is 1. The quantitative estimate of drug-likeness (QED) is 0.251. The highest BCUT2D eigenvalue weighted by Gasteiger charge is 2.00. The highest BCUT2D eigenvalue weighted by atomic mass is 16.5. The number of unbranched alkanes of at least 4 members (excludes halogenated alkanes) is 6. The molecule has 0 spiro atoms. The minimum atomic E-state index is -0.199. The molecule has 1 rings (SSSR count). The van der Waals surface area contributed by atoms with Gasteiger partial charge >= 0.3 is 5.97 Å². The zero-order valence-electron chi connectivity index (χ0n) is 12.5. The largest absolute Gasteiger partial charge is 0.426 e. The molecular formula is C18H26O2. The van der Waals surface area contributed by atoms with Gasteiger partial charge in [0.05, 0.1) is 6.42 Å². The van der Waals surface area contributed by atoms with Crippen molar-refractivity contribution in [1.82, 2.24) is 0 Å². The zero-order valence-corrected chi connectivity index (χ0v) is 12.5. The van der Waals surface area contributed by atoms with Gasteiger partial charge in [-0.15, -0.1) is 0 Å². The third-order valence-corrected chi connectivity index (χ3v) is 3.15. The van der Waals surface area contributed by atoms with Gasteiger partial charge in [0.15, 0.2) is 0 Å². The lowest BCUT2D eigenvalue weighted by Gasteiger charge is -2.01. The lowest BCUT2D eigenvalue weighted by atomic mass is 10.1. The van der Waals surface area contributed by atoms with Crippen molar-refractivity contribution in [3.05, 3.63) is 42.5 Å². The first-order chi connectivity index (χ1) is 9.83. The molecule has 2 heteroatoms. The Hall–Kier alpha value is -1.57. The smallest absolute Gasteiger partial charge is 0.315 e. The molecule has 0 N–H and O–H groups in total. The molecule has 1 aromatic carbocycles. The Bertz CT molecular complexity index is 382. The summed E-state index contributed by atoms with van der Waals surface area (Å²) in [6.45, 7) is 2.23. The molecule has 0 aliphatic heterocycles. The summed E-state index contributed by atoms with van der Waals surface area (Å²) in [5.74, 6) is 0.414. The van der Waals surface area contributed by atoms with Crippen LogP contribution in [-0.2, 0) is 4.79 Å². The first-order valence-corrected chi connectivity index (χ1v) is 7.73. The normalized spacial score (nSPS) is 10.8. The minimum Gasteiger partial charge on any atom is -0.426 e. The second-order valence-electron chi connectivity index (χ2n) is 5.02. The van der Waals surface area contributed by atoms with Gasteiger partial charge < -0.3 is 4.74 Å². The number of hydrogen-bond donors (Lipinski definition) is 0. The molecule has 110 valence electrons. The average Bonchev–Trinajstić information content (AvgIpc) is 2.46. The summed E-state index contributed by atoms with van der Waals surface area (Å²) in [4.78, 5) is 11.5. The molecule has 1 aromatic rings. The van der Waals surface area contributed by atoms with Crippen LogP contribution < -0.4 is 4.74 Å². The maximum absolute atomic E-state index is 11.5. The van der Waals surface area contributed by atoms with E-state index >= 15 is 0 Å². The first-order valence-electron chi connectivity index (χ1n) is 7.73. The van der Waals surface area contributed by atoms with Crippen LogP contribution in [0.1, 0.15) is 58.3 Å². The standard InChI is InChI=1S/C18H26O2/c1-2-3-4-5-6-7-8-9-13-16-18(19)20-17-14-11-10-12-15-17/h9-15H,2-8,16H2,1H3. The van der Waals surface area contributed by atoms with Gasteiger partial charge in [-0.1, -0.05) is 69.4 Å². The van der Waals surface area contributed by atoms with Crippen molar-refractivity contribution in [3.8, 4) is 5.75 Å². The van der Waals surface area contributed by atoms with Gasteiger partial charge in [-0.05, 0) is 25.0 Å². The Kier molecular flexibility index (Phi) is 9.29. The number of carbonyl (C=O) groups excluding carboxylic acids is 1. The number of para-hydroxylation sites is 1. The number of hydrogen-bond acceptors (Lipinski definition) is 2. The fourth-order valence-electron chi connectivity index (χ4n) is 2.00. The van der Waals surface area contributed by atoms with Crippen molar-refractivity contribution in [3.63, 3.8) is 0 Å². The SMILES string of the molecule is CCCCCCCCC=CCC(=O)Oc1ccccc1. The highest BCUT2D eigenvalue weighted by molar-refractivity contribution is 5.73. The third kappa shape index (κ3) is 8.52. The number of ether oxygens (including phenoxy) is 1. The predicted molar refractivity (Wildman–Crippen MR) is 83.8 cm³/mol. The fourth-order valence-corrected chi connectivity index (χ4v) is 2.00. The van der Waals surface area contributed by atoms with E-state index in [4.69, 9.17) is 4.74 Å². The van der Waals surface area contributed by atoms with E-state index in [9.17, 15) is 4.79 Å². The van der Waals surface area contributed by atoms with Crippen LogP contribution in [0.15, 0.2) is 42.5 Å². The van der Waals surface area contributed by atoms with Gasteiger partial charge in [-0.2, -0.15) is 0 Å². The van der Waals surface area contributed by atoms with E-state index in [0.29, 0.717) is 12.2 Å². The van der Waals surface area contributed by atoms with E-state index in [1.54, 1.807) is 12.1 Å². The molecule has 0 saturated heterocycles. The molecule has 2 nitrogen and oxygen atoms in total. The summed E-state index contributed by atoms with van der Waals surface area (Å²) >= 11 is 0. The minimum absolute atomic E-state index is 0.199. The Morgan fingerprint density at radius 1 is 1.00 bits per heavy atom. The van der Waals surface area contributed by atoms with Crippen molar-refractivity contribution in [2.45, 2.75) is 58.3 Å². The number of rotatable bonds is 10. The van der Waals surface area contributed by atoms with E-state index in [1.807, 2.05) is 24.3 Å². The van der Waals surface area contributed by atoms with Gasteiger partial charge in [0.1, 0.15) is 5.75 Å². The van der Waals surface area contributed by atoms with Crippen LogP contribution in [0.25, 0.3) is 0 Å². The molecule has 0 bridgehead atoms.